The quantitative estimate of drug-likeness (QED) is 0.425. The number of rotatable bonds is 6. The first-order valence-electron chi connectivity index (χ1n) is 10.7. The molecule has 0 saturated heterocycles. The molecule has 0 saturated carbocycles. The number of aromatic nitrogens is 4. The fourth-order valence-electron chi connectivity index (χ4n) is 3.66. The van der Waals surface area contributed by atoms with Crippen molar-refractivity contribution in [3.8, 4) is 22.5 Å². The van der Waals surface area contributed by atoms with Gasteiger partial charge in [0.25, 0.3) is 11.8 Å². The molecule has 8 heteroatoms. The number of halogens is 2. The lowest BCUT2D eigenvalue weighted by molar-refractivity contribution is 0.0128. The van der Waals surface area contributed by atoms with Gasteiger partial charge in [0.2, 0.25) is 0 Å². The van der Waals surface area contributed by atoms with Crippen LogP contribution in [0.1, 0.15) is 39.7 Å². The Bertz CT molecular complexity index is 1340. The molecule has 4 aromatic rings. The maximum atomic E-state index is 13.6. The van der Waals surface area contributed by atoms with E-state index in [0.717, 1.165) is 34.9 Å². The normalized spacial score (nSPS) is 11.3. The average molecular weight is 460 g/mol. The molecule has 0 bridgehead atoms. The van der Waals surface area contributed by atoms with Gasteiger partial charge in [-0.3, -0.25) is 24.7 Å². The van der Waals surface area contributed by atoms with Gasteiger partial charge >= 0.3 is 0 Å². The molecule has 1 aromatic carbocycles. The Morgan fingerprint density at radius 1 is 0.941 bits per heavy atom. The highest BCUT2D eigenvalue weighted by Crippen LogP contribution is 2.29. The molecule has 3 aromatic heterocycles. The second-order valence-corrected chi connectivity index (χ2v) is 8.13. The number of hydrogen-bond donors (Lipinski definition) is 1. The molecule has 0 aliphatic rings. The molecule has 0 radical (unpaired) electrons. The highest BCUT2D eigenvalue weighted by molar-refractivity contribution is 5.95. The first-order valence-corrected chi connectivity index (χ1v) is 10.7. The topological polar surface area (TPSA) is 80.7 Å². The highest BCUT2D eigenvalue weighted by atomic mass is 19.3. The molecular formula is C26H23F2N5O. The molecule has 1 amide bonds. The summed E-state index contributed by atoms with van der Waals surface area (Å²) < 4.78 is 27.3. The molecule has 4 rings (SSSR count). The van der Waals surface area contributed by atoms with E-state index in [9.17, 15) is 13.6 Å². The molecular weight excluding hydrogens is 436 g/mol. The smallest absolute Gasteiger partial charge is 0.286 e. The van der Waals surface area contributed by atoms with Crippen LogP contribution in [-0.2, 0) is 12.5 Å². The van der Waals surface area contributed by atoms with Gasteiger partial charge in [0.15, 0.2) is 0 Å². The standard InChI is InChI=1S/C26H23F2N5O/c1-16-11-20(4-5-21(16)22-15-29-8-9-30-22)25(34)33-14-18-10-17(2)24(32-13-18)19-6-7-31-23(12-19)26(3,27)28/h4-13,15H,14H2,1-3H3,(H,33,34). The summed E-state index contributed by atoms with van der Waals surface area (Å²) >= 11 is 0. The van der Waals surface area contributed by atoms with Gasteiger partial charge in [0, 0.05) is 54.9 Å². The maximum absolute atomic E-state index is 13.6. The summed E-state index contributed by atoms with van der Waals surface area (Å²) in [6.45, 7) is 4.88. The van der Waals surface area contributed by atoms with Crippen molar-refractivity contribution in [2.24, 2.45) is 0 Å². The Hall–Kier alpha value is -4.07. The van der Waals surface area contributed by atoms with Crippen molar-refractivity contribution in [2.75, 3.05) is 0 Å². The summed E-state index contributed by atoms with van der Waals surface area (Å²) in [6.07, 6.45) is 7.91. The molecule has 3 heterocycles. The van der Waals surface area contributed by atoms with E-state index in [4.69, 9.17) is 0 Å². The van der Waals surface area contributed by atoms with Gasteiger partial charge in [0.1, 0.15) is 5.69 Å². The molecule has 6 nitrogen and oxygen atoms in total. The Morgan fingerprint density at radius 3 is 2.44 bits per heavy atom. The van der Waals surface area contributed by atoms with Crippen LogP contribution < -0.4 is 5.32 Å². The summed E-state index contributed by atoms with van der Waals surface area (Å²) in [5, 5.41) is 2.90. The number of nitrogens with one attached hydrogen (secondary N) is 1. The van der Waals surface area contributed by atoms with Gasteiger partial charge in [-0.15, -0.1) is 0 Å². The highest BCUT2D eigenvalue weighted by Gasteiger charge is 2.26. The van der Waals surface area contributed by atoms with Crippen LogP contribution in [0, 0.1) is 13.8 Å². The number of alkyl halides is 2. The predicted octanol–water partition coefficient (Wildman–Crippen LogP) is 5.26. The molecule has 34 heavy (non-hydrogen) atoms. The second kappa shape index (κ2) is 9.43. The van der Waals surface area contributed by atoms with E-state index in [1.54, 1.807) is 36.9 Å². The molecule has 1 N–H and O–H groups in total. The largest absolute Gasteiger partial charge is 0.348 e. The van der Waals surface area contributed by atoms with Gasteiger partial charge in [-0.05, 0) is 54.8 Å². The van der Waals surface area contributed by atoms with Gasteiger partial charge in [-0.1, -0.05) is 12.1 Å². The number of amides is 1. The zero-order chi connectivity index (χ0) is 24.3. The molecule has 0 aliphatic heterocycles. The van der Waals surface area contributed by atoms with E-state index in [2.05, 4.69) is 25.3 Å². The van der Waals surface area contributed by atoms with E-state index in [1.165, 1.54) is 12.3 Å². The van der Waals surface area contributed by atoms with E-state index in [0.29, 0.717) is 16.8 Å². The third kappa shape index (κ3) is 5.11. The van der Waals surface area contributed by atoms with E-state index < -0.39 is 5.92 Å². The summed E-state index contributed by atoms with van der Waals surface area (Å²) in [5.74, 6) is -3.24. The van der Waals surface area contributed by atoms with Crippen molar-refractivity contribution < 1.29 is 13.6 Å². The fraction of sp³-hybridized carbons (Fsp3) is 0.192. The van der Waals surface area contributed by atoms with E-state index in [1.807, 2.05) is 32.0 Å². The fourth-order valence-corrected chi connectivity index (χ4v) is 3.66. The van der Waals surface area contributed by atoms with Crippen LogP contribution in [0.2, 0.25) is 0 Å². The van der Waals surface area contributed by atoms with Crippen LogP contribution in [-0.4, -0.2) is 25.8 Å². The molecule has 0 atom stereocenters. The summed E-state index contributed by atoms with van der Waals surface area (Å²) in [4.78, 5) is 29.3. The van der Waals surface area contributed by atoms with Crippen molar-refractivity contribution in [1.82, 2.24) is 25.3 Å². The Morgan fingerprint density at radius 2 is 1.76 bits per heavy atom. The van der Waals surface area contributed by atoms with Crippen LogP contribution in [0.4, 0.5) is 8.78 Å². The van der Waals surface area contributed by atoms with Gasteiger partial charge in [-0.2, -0.15) is 8.78 Å². The lowest BCUT2D eigenvalue weighted by atomic mass is 10.0. The van der Waals surface area contributed by atoms with Gasteiger partial charge in [-0.25, -0.2) is 0 Å². The minimum absolute atomic E-state index is 0.209. The average Bonchev–Trinajstić information content (AvgIpc) is 2.82. The minimum atomic E-state index is -3.03. The summed E-state index contributed by atoms with van der Waals surface area (Å²) in [7, 11) is 0. The molecule has 172 valence electrons. The summed E-state index contributed by atoms with van der Waals surface area (Å²) in [5.41, 5.74) is 5.60. The number of nitrogens with zero attached hydrogens (tertiary/aromatic N) is 4. The molecule has 0 aliphatic carbocycles. The lowest BCUT2D eigenvalue weighted by Gasteiger charge is -2.13. The first kappa shape index (κ1) is 23.1. The van der Waals surface area contributed by atoms with Crippen molar-refractivity contribution >= 4 is 5.91 Å². The molecule has 0 unspecified atom stereocenters. The zero-order valence-corrected chi connectivity index (χ0v) is 19.0. The molecule has 0 fully saturated rings. The number of carbonyl (C=O) groups excluding carboxylic acids is 1. The molecule has 0 spiro atoms. The first-order chi connectivity index (χ1) is 16.2. The van der Waals surface area contributed by atoms with Crippen LogP contribution in [0.15, 0.2) is 67.4 Å². The Kier molecular flexibility index (Phi) is 6.40. The SMILES string of the molecule is Cc1cc(C(=O)NCc2cnc(-c3ccnc(C(C)(F)F)c3)c(C)c2)ccc1-c1cnccn1. The second-order valence-electron chi connectivity index (χ2n) is 8.13. The van der Waals surface area contributed by atoms with Crippen molar-refractivity contribution in [3.05, 3.63) is 95.3 Å². The monoisotopic (exact) mass is 459 g/mol. The maximum Gasteiger partial charge on any atom is 0.286 e. The number of hydrogen-bond acceptors (Lipinski definition) is 5. The van der Waals surface area contributed by atoms with Gasteiger partial charge in [0.05, 0.1) is 17.6 Å². The van der Waals surface area contributed by atoms with E-state index in [-0.39, 0.29) is 18.1 Å². The van der Waals surface area contributed by atoms with Crippen molar-refractivity contribution in [2.45, 2.75) is 33.2 Å². The lowest BCUT2D eigenvalue weighted by Crippen LogP contribution is -2.23. The Labute approximate surface area is 196 Å². The number of pyridine rings is 2. The third-order valence-electron chi connectivity index (χ3n) is 5.40. The van der Waals surface area contributed by atoms with Crippen LogP contribution in [0.5, 0.6) is 0 Å². The predicted molar refractivity (Wildman–Crippen MR) is 125 cm³/mol. The summed E-state index contributed by atoms with van der Waals surface area (Å²) in [6, 6.07) is 10.3. The van der Waals surface area contributed by atoms with E-state index >= 15 is 0 Å². The third-order valence-corrected chi connectivity index (χ3v) is 5.40. The Balaban J connectivity index is 1.46. The van der Waals surface area contributed by atoms with Crippen molar-refractivity contribution in [3.63, 3.8) is 0 Å². The zero-order valence-electron chi connectivity index (χ0n) is 19.0. The van der Waals surface area contributed by atoms with Crippen LogP contribution in [0.3, 0.4) is 0 Å². The van der Waals surface area contributed by atoms with Gasteiger partial charge < -0.3 is 5.32 Å². The van der Waals surface area contributed by atoms with Crippen molar-refractivity contribution in [1.29, 1.82) is 0 Å². The van der Waals surface area contributed by atoms with Crippen LogP contribution >= 0.6 is 0 Å². The number of carbonyl (C=O) groups is 1. The van der Waals surface area contributed by atoms with Crippen LogP contribution in [0.25, 0.3) is 22.5 Å². The number of aryl methyl sites for hydroxylation is 2. The number of benzene rings is 1. The minimum Gasteiger partial charge on any atom is -0.348 e.